The predicted molar refractivity (Wildman–Crippen MR) is 98.3 cm³/mol. The van der Waals surface area contributed by atoms with Crippen molar-refractivity contribution in [3.8, 4) is 0 Å². The fourth-order valence-electron chi connectivity index (χ4n) is 2.27. The Balaban J connectivity index is 0.00000220. The monoisotopic (exact) mass is 423 g/mol. The van der Waals surface area contributed by atoms with Crippen LogP contribution in [-0.2, 0) is 9.84 Å². The Morgan fingerprint density at radius 3 is 2.67 bits per heavy atom. The van der Waals surface area contributed by atoms with E-state index in [-0.39, 0.29) is 47.5 Å². The molecule has 1 atom stereocenters. The molecule has 5 nitrogen and oxygen atoms in total. The molecule has 3 N–H and O–H groups in total. The summed E-state index contributed by atoms with van der Waals surface area (Å²) in [5, 5.41) is 2.62. The maximum atomic E-state index is 11.7. The van der Waals surface area contributed by atoms with Gasteiger partial charge in [-0.2, -0.15) is 0 Å². The molecule has 2 rings (SSSR count). The van der Waals surface area contributed by atoms with Gasteiger partial charge in [0.05, 0.1) is 17.5 Å². The molecule has 1 aliphatic rings. The fourth-order valence-corrected chi connectivity index (χ4v) is 4.00. The second-order valence-corrected chi connectivity index (χ2v) is 7.68. The average Bonchev–Trinajstić information content (AvgIpc) is 2.70. The van der Waals surface area contributed by atoms with Crippen molar-refractivity contribution in [2.45, 2.75) is 31.9 Å². The standard InChI is InChI=1S/C14H21N3O2S.HI/c1-10-5-6-12(8-11(10)2)17-14(15)16-9-13-4-3-7-20(13,18)19;/h5-6,8,13H,3-4,7,9H2,1-2H3,(H3,15,16,17);1H. The molecule has 7 heteroatoms. The summed E-state index contributed by atoms with van der Waals surface area (Å²) in [6.07, 6.45) is 1.41. The summed E-state index contributed by atoms with van der Waals surface area (Å²) in [5.41, 5.74) is 9.05. The normalized spacial score (nSPS) is 20.9. The summed E-state index contributed by atoms with van der Waals surface area (Å²) in [7, 11) is -2.96. The van der Waals surface area contributed by atoms with Crippen LogP contribution < -0.4 is 11.1 Å². The van der Waals surface area contributed by atoms with Gasteiger partial charge in [-0.05, 0) is 49.9 Å². The van der Waals surface area contributed by atoms with Crippen molar-refractivity contribution in [3.05, 3.63) is 29.3 Å². The number of halogens is 1. The number of aryl methyl sites for hydroxylation is 2. The Bertz CT molecular complexity index is 629. The Morgan fingerprint density at radius 2 is 2.10 bits per heavy atom. The van der Waals surface area contributed by atoms with E-state index in [0.29, 0.717) is 6.42 Å². The van der Waals surface area contributed by atoms with E-state index in [0.717, 1.165) is 12.1 Å². The molecule has 0 spiro atoms. The van der Waals surface area contributed by atoms with Crippen molar-refractivity contribution in [1.29, 1.82) is 0 Å². The fraction of sp³-hybridized carbons (Fsp3) is 0.500. The summed E-state index contributed by atoms with van der Waals surface area (Å²) >= 11 is 0. The number of aliphatic imine (C=N–C) groups is 1. The van der Waals surface area contributed by atoms with E-state index >= 15 is 0 Å². The van der Waals surface area contributed by atoms with Crippen molar-refractivity contribution < 1.29 is 8.42 Å². The molecule has 1 heterocycles. The third kappa shape index (κ3) is 4.84. The lowest BCUT2D eigenvalue weighted by Crippen LogP contribution is -2.26. The van der Waals surface area contributed by atoms with Crippen molar-refractivity contribution in [1.82, 2.24) is 0 Å². The van der Waals surface area contributed by atoms with Gasteiger partial charge in [0.25, 0.3) is 0 Å². The molecule has 1 aromatic carbocycles. The van der Waals surface area contributed by atoms with E-state index in [1.807, 2.05) is 32.0 Å². The van der Waals surface area contributed by atoms with E-state index in [4.69, 9.17) is 5.73 Å². The van der Waals surface area contributed by atoms with Crippen LogP contribution in [0.25, 0.3) is 0 Å². The first kappa shape index (κ1) is 18.2. The zero-order valence-corrected chi connectivity index (χ0v) is 15.4. The van der Waals surface area contributed by atoms with Crippen LogP contribution in [0.4, 0.5) is 5.69 Å². The maximum Gasteiger partial charge on any atom is 0.193 e. The molecular weight excluding hydrogens is 401 g/mol. The van der Waals surface area contributed by atoms with Crippen LogP contribution in [-0.4, -0.2) is 31.9 Å². The van der Waals surface area contributed by atoms with Gasteiger partial charge in [-0.25, -0.2) is 8.42 Å². The number of guanidine groups is 1. The number of nitrogens with two attached hydrogens (primary N) is 1. The number of nitrogens with one attached hydrogen (secondary N) is 1. The van der Waals surface area contributed by atoms with Gasteiger partial charge in [0.1, 0.15) is 0 Å². The van der Waals surface area contributed by atoms with Crippen molar-refractivity contribution in [2.75, 3.05) is 17.6 Å². The molecule has 1 aromatic rings. The highest BCUT2D eigenvalue weighted by atomic mass is 127. The van der Waals surface area contributed by atoms with Crippen molar-refractivity contribution in [3.63, 3.8) is 0 Å². The quantitative estimate of drug-likeness (QED) is 0.444. The van der Waals surface area contributed by atoms with Crippen LogP contribution in [0.3, 0.4) is 0 Å². The number of sulfone groups is 1. The van der Waals surface area contributed by atoms with Crippen LogP contribution in [0.5, 0.6) is 0 Å². The smallest absolute Gasteiger partial charge is 0.193 e. The highest BCUT2D eigenvalue weighted by Crippen LogP contribution is 2.20. The number of anilines is 1. The van der Waals surface area contributed by atoms with Gasteiger partial charge >= 0.3 is 0 Å². The SMILES string of the molecule is Cc1ccc(NC(N)=NCC2CCCS2(=O)=O)cc1C.I. The van der Waals surface area contributed by atoms with Crippen LogP contribution in [0.2, 0.25) is 0 Å². The van der Waals surface area contributed by atoms with Crippen molar-refractivity contribution in [2.24, 2.45) is 10.7 Å². The summed E-state index contributed by atoms with van der Waals surface area (Å²) < 4.78 is 23.4. The molecule has 0 aliphatic carbocycles. The molecule has 0 amide bonds. The third-order valence-corrected chi connectivity index (χ3v) is 5.97. The topological polar surface area (TPSA) is 84.5 Å². The molecule has 0 bridgehead atoms. The Kier molecular flexibility index (Phi) is 6.45. The van der Waals surface area contributed by atoms with Gasteiger partial charge in [-0.15, -0.1) is 24.0 Å². The van der Waals surface area contributed by atoms with Crippen LogP contribution in [0, 0.1) is 13.8 Å². The highest BCUT2D eigenvalue weighted by molar-refractivity contribution is 14.0. The molecule has 21 heavy (non-hydrogen) atoms. The molecule has 0 saturated carbocycles. The van der Waals surface area contributed by atoms with E-state index in [1.54, 1.807) is 0 Å². The minimum atomic E-state index is -2.96. The van der Waals surface area contributed by atoms with Gasteiger partial charge < -0.3 is 11.1 Å². The van der Waals surface area contributed by atoms with E-state index in [9.17, 15) is 8.42 Å². The summed E-state index contributed by atoms with van der Waals surface area (Å²) in [4.78, 5) is 4.15. The second kappa shape index (κ2) is 7.44. The number of hydrogen-bond donors (Lipinski definition) is 2. The minimum absolute atomic E-state index is 0. The van der Waals surface area contributed by atoms with Gasteiger partial charge in [-0.1, -0.05) is 6.07 Å². The molecule has 1 fully saturated rings. The maximum absolute atomic E-state index is 11.7. The Morgan fingerprint density at radius 1 is 1.38 bits per heavy atom. The minimum Gasteiger partial charge on any atom is -0.370 e. The lowest BCUT2D eigenvalue weighted by Gasteiger charge is -2.09. The van der Waals surface area contributed by atoms with Gasteiger partial charge in [0, 0.05) is 5.69 Å². The number of rotatable bonds is 3. The van der Waals surface area contributed by atoms with Gasteiger partial charge in [-0.3, -0.25) is 4.99 Å². The summed E-state index contributed by atoms with van der Waals surface area (Å²) in [6, 6.07) is 5.92. The van der Waals surface area contributed by atoms with E-state index in [1.165, 1.54) is 11.1 Å². The Labute approximate surface area is 143 Å². The molecule has 1 aliphatic heterocycles. The van der Waals surface area contributed by atoms with Crippen molar-refractivity contribution >= 4 is 45.5 Å². The number of benzene rings is 1. The zero-order chi connectivity index (χ0) is 14.8. The molecule has 1 saturated heterocycles. The lowest BCUT2D eigenvalue weighted by molar-refractivity contribution is 0.590. The predicted octanol–water partition coefficient (Wildman–Crippen LogP) is 2.23. The first-order valence-corrected chi connectivity index (χ1v) is 8.46. The number of nitrogens with zero attached hydrogens (tertiary/aromatic N) is 1. The summed E-state index contributed by atoms with van der Waals surface area (Å²) in [5.74, 6) is 0.535. The highest BCUT2D eigenvalue weighted by Gasteiger charge is 2.30. The van der Waals surface area contributed by atoms with E-state index in [2.05, 4.69) is 10.3 Å². The number of hydrogen-bond acceptors (Lipinski definition) is 3. The first-order valence-electron chi connectivity index (χ1n) is 6.74. The molecule has 1 unspecified atom stereocenters. The van der Waals surface area contributed by atoms with Crippen LogP contribution in [0.1, 0.15) is 24.0 Å². The molecule has 0 radical (unpaired) electrons. The molecular formula is C14H22IN3O2S. The first-order chi connectivity index (χ1) is 9.38. The molecule has 0 aromatic heterocycles. The third-order valence-electron chi connectivity index (χ3n) is 3.71. The zero-order valence-electron chi connectivity index (χ0n) is 12.3. The Hall–Kier alpha value is -0.830. The lowest BCUT2D eigenvalue weighted by atomic mass is 10.1. The average molecular weight is 423 g/mol. The van der Waals surface area contributed by atoms with Gasteiger partial charge in [0.15, 0.2) is 15.8 Å². The largest absolute Gasteiger partial charge is 0.370 e. The molecule has 118 valence electrons. The summed E-state index contributed by atoms with van der Waals surface area (Å²) in [6.45, 7) is 4.31. The van der Waals surface area contributed by atoms with E-state index < -0.39 is 9.84 Å². The van der Waals surface area contributed by atoms with Crippen LogP contribution in [0.15, 0.2) is 23.2 Å². The second-order valence-electron chi connectivity index (χ2n) is 5.28. The van der Waals surface area contributed by atoms with Crippen LogP contribution >= 0.6 is 24.0 Å². The van der Waals surface area contributed by atoms with Gasteiger partial charge in [0.2, 0.25) is 0 Å².